The minimum Gasteiger partial charge on any atom is -0.497 e. The van der Waals surface area contributed by atoms with Crippen LogP contribution in [0.15, 0.2) is 42.5 Å². The summed E-state index contributed by atoms with van der Waals surface area (Å²) in [6.45, 7) is 2.40. The van der Waals surface area contributed by atoms with Gasteiger partial charge in [-0.05, 0) is 61.2 Å². The van der Waals surface area contributed by atoms with Crippen LogP contribution in [0.3, 0.4) is 0 Å². The molecule has 6 nitrogen and oxygen atoms in total. The van der Waals surface area contributed by atoms with Crippen LogP contribution in [0.5, 0.6) is 17.2 Å². The molecule has 0 aromatic heterocycles. The summed E-state index contributed by atoms with van der Waals surface area (Å²) < 4.78 is 16.0. The van der Waals surface area contributed by atoms with Crippen molar-refractivity contribution in [1.82, 2.24) is 10.2 Å². The van der Waals surface area contributed by atoms with E-state index in [0.717, 1.165) is 61.7 Å². The third-order valence-corrected chi connectivity index (χ3v) is 5.66. The van der Waals surface area contributed by atoms with Crippen molar-refractivity contribution in [1.29, 1.82) is 0 Å². The Balaban J connectivity index is 1.48. The second-order valence-electron chi connectivity index (χ2n) is 7.54. The fourth-order valence-corrected chi connectivity index (χ4v) is 3.97. The molecule has 1 amide bonds. The van der Waals surface area contributed by atoms with Crippen LogP contribution in [-0.4, -0.2) is 51.3 Å². The van der Waals surface area contributed by atoms with Gasteiger partial charge in [0.25, 0.3) is 0 Å². The molecule has 1 saturated heterocycles. The third-order valence-electron chi connectivity index (χ3n) is 5.66. The van der Waals surface area contributed by atoms with Crippen molar-refractivity contribution in [3.63, 3.8) is 0 Å². The number of carbonyl (C=O) groups is 1. The molecule has 3 rings (SSSR count). The molecule has 0 radical (unpaired) electrons. The zero-order valence-corrected chi connectivity index (χ0v) is 18.1. The number of rotatable bonds is 11. The van der Waals surface area contributed by atoms with Gasteiger partial charge in [-0.15, -0.1) is 0 Å². The number of carbonyl (C=O) groups excluding carboxylic acids is 1. The minimum absolute atomic E-state index is 0.258. The fraction of sp³-hybridized carbons (Fsp3) is 0.458. The molecule has 1 aliphatic heterocycles. The summed E-state index contributed by atoms with van der Waals surface area (Å²) in [6.07, 6.45) is 3.35. The van der Waals surface area contributed by atoms with Gasteiger partial charge in [0.1, 0.15) is 5.75 Å². The molecule has 0 unspecified atom stereocenters. The van der Waals surface area contributed by atoms with Gasteiger partial charge in [-0.3, -0.25) is 4.79 Å². The molecule has 1 aliphatic rings. The van der Waals surface area contributed by atoms with E-state index in [9.17, 15) is 4.79 Å². The lowest BCUT2D eigenvalue weighted by Gasteiger charge is -2.25. The molecular weight excluding hydrogens is 380 g/mol. The summed E-state index contributed by atoms with van der Waals surface area (Å²) in [6, 6.07) is 14.3. The first-order valence-corrected chi connectivity index (χ1v) is 10.5. The van der Waals surface area contributed by atoms with Gasteiger partial charge in [0.05, 0.1) is 21.3 Å². The monoisotopic (exact) mass is 412 g/mol. The van der Waals surface area contributed by atoms with Gasteiger partial charge in [0.15, 0.2) is 11.5 Å². The Labute approximate surface area is 179 Å². The Morgan fingerprint density at radius 1 is 1.00 bits per heavy atom. The highest BCUT2D eigenvalue weighted by molar-refractivity contribution is 5.78. The quantitative estimate of drug-likeness (QED) is 0.573. The molecule has 2 aromatic rings. The summed E-state index contributed by atoms with van der Waals surface area (Å²) in [5.41, 5.74) is 2.34. The molecule has 1 N–H and O–H groups in total. The molecule has 1 heterocycles. The fourth-order valence-electron chi connectivity index (χ4n) is 3.97. The van der Waals surface area contributed by atoms with Gasteiger partial charge >= 0.3 is 0 Å². The smallest absolute Gasteiger partial charge is 0.222 e. The van der Waals surface area contributed by atoms with Crippen molar-refractivity contribution >= 4 is 5.91 Å². The zero-order valence-electron chi connectivity index (χ0n) is 18.1. The Morgan fingerprint density at radius 3 is 2.60 bits per heavy atom. The standard InChI is InChI=1S/C24H32N2O4/c1-28-21-6-4-5-19(15-21)17-25-13-11-20-8-10-24(27)26(20)14-12-18-7-9-22(29-2)23(16-18)30-3/h4-7,9,15-16,20,25H,8,10-14,17H2,1-3H3/t20-/m0/s1. The van der Waals surface area contributed by atoms with Gasteiger partial charge in [0.2, 0.25) is 5.91 Å². The molecule has 0 bridgehead atoms. The Morgan fingerprint density at radius 2 is 1.83 bits per heavy atom. The number of nitrogens with one attached hydrogen (secondary N) is 1. The molecule has 0 spiro atoms. The molecule has 1 fully saturated rings. The first-order chi connectivity index (χ1) is 14.6. The largest absolute Gasteiger partial charge is 0.497 e. The number of hydrogen-bond acceptors (Lipinski definition) is 5. The highest BCUT2D eigenvalue weighted by Crippen LogP contribution is 2.28. The lowest BCUT2D eigenvalue weighted by molar-refractivity contribution is -0.129. The molecule has 162 valence electrons. The number of methoxy groups -OCH3 is 3. The van der Waals surface area contributed by atoms with Crippen LogP contribution >= 0.6 is 0 Å². The number of benzene rings is 2. The average Bonchev–Trinajstić information content (AvgIpc) is 3.14. The number of ether oxygens (including phenoxy) is 3. The van der Waals surface area contributed by atoms with Crippen molar-refractivity contribution in [2.45, 2.75) is 38.3 Å². The molecule has 0 aliphatic carbocycles. The third kappa shape index (κ3) is 5.66. The van der Waals surface area contributed by atoms with Crippen LogP contribution in [0.2, 0.25) is 0 Å². The van der Waals surface area contributed by atoms with Crippen LogP contribution in [0.1, 0.15) is 30.4 Å². The van der Waals surface area contributed by atoms with Crippen LogP contribution in [-0.2, 0) is 17.8 Å². The van der Waals surface area contributed by atoms with E-state index in [4.69, 9.17) is 14.2 Å². The van der Waals surface area contributed by atoms with Gasteiger partial charge in [-0.2, -0.15) is 0 Å². The Bertz CT molecular complexity index is 840. The maximum Gasteiger partial charge on any atom is 0.222 e. The highest BCUT2D eigenvalue weighted by atomic mass is 16.5. The van der Waals surface area contributed by atoms with E-state index in [1.165, 1.54) is 5.56 Å². The molecule has 2 aromatic carbocycles. The summed E-state index contributed by atoms with van der Waals surface area (Å²) in [5.74, 6) is 2.57. The van der Waals surface area contributed by atoms with Gasteiger partial charge < -0.3 is 24.4 Å². The highest BCUT2D eigenvalue weighted by Gasteiger charge is 2.29. The second-order valence-corrected chi connectivity index (χ2v) is 7.54. The first kappa shape index (κ1) is 22.0. The number of amides is 1. The summed E-state index contributed by atoms with van der Waals surface area (Å²) in [5, 5.41) is 3.49. The number of hydrogen-bond donors (Lipinski definition) is 1. The normalized spacial score (nSPS) is 16.0. The zero-order chi connectivity index (χ0) is 21.3. The lowest BCUT2D eigenvalue weighted by Crippen LogP contribution is -2.36. The van der Waals surface area contributed by atoms with Crippen molar-refractivity contribution in [3.8, 4) is 17.2 Å². The molecule has 1 atom stereocenters. The van der Waals surface area contributed by atoms with Crippen molar-refractivity contribution in [3.05, 3.63) is 53.6 Å². The maximum atomic E-state index is 12.4. The van der Waals surface area contributed by atoms with E-state index in [-0.39, 0.29) is 5.91 Å². The van der Waals surface area contributed by atoms with Crippen LogP contribution < -0.4 is 19.5 Å². The number of nitrogens with zero attached hydrogens (tertiary/aromatic N) is 1. The van der Waals surface area contributed by atoms with E-state index in [1.807, 2.05) is 41.3 Å². The summed E-state index contributed by atoms with van der Waals surface area (Å²) >= 11 is 0. The van der Waals surface area contributed by atoms with Crippen LogP contribution in [0.4, 0.5) is 0 Å². The predicted molar refractivity (Wildman–Crippen MR) is 117 cm³/mol. The van der Waals surface area contributed by atoms with Gasteiger partial charge in [-0.1, -0.05) is 18.2 Å². The summed E-state index contributed by atoms with van der Waals surface area (Å²) in [4.78, 5) is 14.4. The SMILES string of the molecule is COc1cccc(CNCC[C@@H]2CCC(=O)N2CCc2ccc(OC)c(OC)c2)c1. The first-order valence-electron chi connectivity index (χ1n) is 10.5. The van der Waals surface area contributed by atoms with Gasteiger partial charge in [-0.25, -0.2) is 0 Å². The van der Waals surface area contributed by atoms with E-state index in [1.54, 1.807) is 21.3 Å². The van der Waals surface area contributed by atoms with Crippen molar-refractivity contribution < 1.29 is 19.0 Å². The van der Waals surface area contributed by atoms with E-state index in [2.05, 4.69) is 11.4 Å². The average molecular weight is 413 g/mol. The van der Waals surface area contributed by atoms with Gasteiger partial charge in [0, 0.05) is 25.6 Å². The Kier molecular flexibility index (Phi) is 7.97. The molecule has 6 heteroatoms. The van der Waals surface area contributed by atoms with Crippen molar-refractivity contribution in [2.75, 3.05) is 34.4 Å². The lowest BCUT2D eigenvalue weighted by atomic mass is 10.1. The summed E-state index contributed by atoms with van der Waals surface area (Å²) in [7, 11) is 4.95. The molecular formula is C24H32N2O4. The second kappa shape index (κ2) is 10.9. The number of likely N-dealkylation sites (tertiary alicyclic amines) is 1. The molecule has 0 saturated carbocycles. The van der Waals surface area contributed by atoms with Crippen molar-refractivity contribution in [2.24, 2.45) is 0 Å². The molecule has 30 heavy (non-hydrogen) atoms. The minimum atomic E-state index is 0.258. The topological polar surface area (TPSA) is 60.0 Å². The van der Waals surface area contributed by atoms with Crippen LogP contribution in [0.25, 0.3) is 0 Å². The van der Waals surface area contributed by atoms with E-state index < -0.39 is 0 Å². The van der Waals surface area contributed by atoms with E-state index >= 15 is 0 Å². The van der Waals surface area contributed by atoms with Crippen LogP contribution in [0, 0.1) is 0 Å². The Hall–Kier alpha value is -2.73. The predicted octanol–water partition coefficient (Wildman–Crippen LogP) is 3.43. The van der Waals surface area contributed by atoms with E-state index in [0.29, 0.717) is 12.5 Å². The maximum absolute atomic E-state index is 12.4.